The highest BCUT2D eigenvalue weighted by Crippen LogP contribution is 2.27. The highest BCUT2D eigenvalue weighted by molar-refractivity contribution is 7.99. The van der Waals surface area contributed by atoms with Gasteiger partial charge in [0.15, 0.2) is 0 Å². The number of rotatable bonds is 7. The summed E-state index contributed by atoms with van der Waals surface area (Å²) < 4.78 is 5.29. The number of aliphatic hydroxyl groups excluding tert-OH is 1. The highest BCUT2D eigenvalue weighted by Gasteiger charge is 2.12. The standard InChI is InChI=1S/C13H21NO2S/c1-10(7-8-15)17-9-12(14)11-5-3-4-6-13(11)16-2/h3-6,10,12,15H,7-9,14H2,1-2H3. The van der Waals surface area contributed by atoms with Gasteiger partial charge in [-0.3, -0.25) is 0 Å². The first-order chi connectivity index (χ1) is 8.19. The molecule has 0 aliphatic rings. The molecule has 1 rings (SSSR count). The summed E-state index contributed by atoms with van der Waals surface area (Å²) in [5, 5.41) is 9.27. The number of methoxy groups -OCH3 is 1. The first-order valence-corrected chi connectivity index (χ1v) is 6.84. The van der Waals surface area contributed by atoms with Crippen molar-refractivity contribution in [3.8, 4) is 5.75 Å². The summed E-state index contributed by atoms with van der Waals surface area (Å²) in [6, 6.07) is 7.81. The summed E-state index contributed by atoms with van der Waals surface area (Å²) in [6.45, 7) is 2.34. The maximum Gasteiger partial charge on any atom is 0.123 e. The average molecular weight is 255 g/mol. The number of hydrogen-bond donors (Lipinski definition) is 2. The van der Waals surface area contributed by atoms with E-state index in [-0.39, 0.29) is 12.6 Å². The van der Waals surface area contributed by atoms with E-state index in [1.165, 1.54) is 0 Å². The van der Waals surface area contributed by atoms with Gasteiger partial charge in [-0.05, 0) is 12.5 Å². The summed E-state index contributed by atoms with van der Waals surface area (Å²) >= 11 is 1.78. The van der Waals surface area contributed by atoms with Gasteiger partial charge < -0.3 is 15.6 Å². The minimum atomic E-state index is -0.0303. The molecule has 2 unspecified atom stereocenters. The van der Waals surface area contributed by atoms with Crippen LogP contribution in [-0.2, 0) is 0 Å². The summed E-state index contributed by atoms with van der Waals surface area (Å²) in [7, 11) is 1.66. The van der Waals surface area contributed by atoms with Crippen molar-refractivity contribution in [3.05, 3.63) is 29.8 Å². The SMILES string of the molecule is COc1ccccc1C(N)CSC(C)CCO. The van der Waals surface area contributed by atoms with Crippen molar-refractivity contribution in [2.24, 2.45) is 5.73 Å². The first kappa shape index (κ1) is 14.4. The van der Waals surface area contributed by atoms with E-state index in [0.29, 0.717) is 5.25 Å². The third-order valence-corrected chi connectivity index (χ3v) is 3.99. The Labute approximate surface area is 107 Å². The van der Waals surface area contributed by atoms with Crippen molar-refractivity contribution in [1.29, 1.82) is 0 Å². The molecule has 3 N–H and O–H groups in total. The molecular weight excluding hydrogens is 234 g/mol. The Morgan fingerprint density at radius 3 is 2.76 bits per heavy atom. The normalized spacial score (nSPS) is 14.4. The van der Waals surface area contributed by atoms with Gasteiger partial charge in [0.05, 0.1) is 7.11 Å². The zero-order valence-corrected chi connectivity index (χ0v) is 11.2. The van der Waals surface area contributed by atoms with E-state index in [9.17, 15) is 0 Å². The molecule has 0 amide bonds. The van der Waals surface area contributed by atoms with E-state index in [1.54, 1.807) is 18.9 Å². The van der Waals surface area contributed by atoms with Crippen molar-refractivity contribution >= 4 is 11.8 Å². The molecular formula is C13H21NO2S. The molecule has 0 bridgehead atoms. The van der Waals surface area contributed by atoms with Crippen LogP contribution in [0.5, 0.6) is 5.75 Å². The fourth-order valence-corrected chi connectivity index (χ4v) is 2.58. The molecule has 1 aromatic carbocycles. The molecule has 0 heterocycles. The number of para-hydroxylation sites is 1. The lowest BCUT2D eigenvalue weighted by Crippen LogP contribution is -2.16. The average Bonchev–Trinajstić information content (AvgIpc) is 2.36. The lowest BCUT2D eigenvalue weighted by atomic mass is 10.1. The molecule has 0 saturated carbocycles. The maximum atomic E-state index is 8.84. The van der Waals surface area contributed by atoms with Crippen molar-refractivity contribution in [2.75, 3.05) is 19.5 Å². The molecule has 0 fully saturated rings. The Balaban J connectivity index is 2.54. The van der Waals surface area contributed by atoms with E-state index in [0.717, 1.165) is 23.5 Å². The second kappa shape index (κ2) is 7.58. The predicted molar refractivity (Wildman–Crippen MR) is 73.5 cm³/mol. The van der Waals surface area contributed by atoms with Crippen molar-refractivity contribution in [1.82, 2.24) is 0 Å². The van der Waals surface area contributed by atoms with Gasteiger partial charge in [0.1, 0.15) is 5.75 Å². The summed E-state index contributed by atoms with van der Waals surface area (Å²) in [6.07, 6.45) is 0.809. The molecule has 0 aromatic heterocycles. The third-order valence-electron chi connectivity index (χ3n) is 2.63. The van der Waals surface area contributed by atoms with E-state index < -0.39 is 0 Å². The number of aliphatic hydroxyl groups is 1. The topological polar surface area (TPSA) is 55.5 Å². The zero-order chi connectivity index (χ0) is 12.7. The van der Waals surface area contributed by atoms with Crippen LogP contribution in [0.25, 0.3) is 0 Å². The first-order valence-electron chi connectivity index (χ1n) is 5.80. The third kappa shape index (κ3) is 4.58. The van der Waals surface area contributed by atoms with Crippen LogP contribution >= 0.6 is 11.8 Å². The van der Waals surface area contributed by atoms with E-state index in [1.807, 2.05) is 24.3 Å². The predicted octanol–water partition coefficient (Wildman–Crippen LogP) is 2.20. The van der Waals surface area contributed by atoms with Crippen LogP contribution in [0.1, 0.15) is 24.9 Å². The Morgan fingerprint density at radius 1 is 1.41 bits per heavy atom. The van der Waals surface area contributed by atoms with Gasteiger partial charge in [-0.25, -0.2) is 0 Å². The maximum absolute atomic E-state index is 8.84. The van der Waals surface area contributed by atoms with Gasteiger partial charge in [-0.1, -0.05) is 25.1 Å². The molecule has 0 saturated heterocycles. The number of nitrogens with two attached hydrogens (primary N) is 1. The van der Waals surface area contributed by atoms with Crippen molar-refractivity contribution in [2.45, 2.75) is 24.6 Å². The largest absolute Gasteiger partial charge is 0.496 e. The smallest absolute Gasteiger partial charge is 0.123 e. The van der Waals surface area contributed by atoms with Crippen LogP contribution in [-0.4, -0.2) is 29.8 Å². The van der Waals surface area contributed by atoms with Crippen LogP contribution in [0.3, 0.4) is 0 Å². The zero-order valence-electron chi connectivity index (χ0n) is 10.4. The van der Waals surface area contributed by atoms with Crippen LogP contribution in [0.15, 0.2) is 24.3 Å². The molecule has 0 spiro atoms. The molecule has 96 valence electrons. The monoisotopic (exact) mass is 255 g/mol. The van der Waals surface area contributed by atoms with Gasteiger partial charge >= 0.3 is 0 Å². The Bertz CT molecular complexity index is 333. The Morgan fingerprint density at radius 2 is 2.12 bits per heavy atom. The molecule has 0 aliphatic carbocycles. The van der Waals surface area contributed by atoms with Gasteiger partial charge in [0.2, 0.25) is 0 Å². The molecule has 2 atom stereocenters. The van der Waals surface area contributed by atoms with Crippen LogP contribution in [0, 0.1) is 0 Å². The van der Waals surface area contributed by atoms with Gasteiger partial charge in [0.25, 0.3) is 0 Å². The molecule has 4 heteroatoms. The Hall–Kier alpha value is -0.710. The fraction of sp³-hybridized carbons (Fsp3) is 0.538. The van der Waals surface area contributed by atoms with Gasteiger partial charge in [-0.2, -0.15) is 11.8 Å². The highest BCUT2D eigenvalue weighted by atomic mass is 32.2. The van der Waals surface area contributed by atoms with E-state index in [4.69, 9.17) is 15.6 Å². The minimum absolute atomic E-state index is 0.0303. The number of thioether (sulfide) groups is 1. The molecule has 0 aliphatic heterocycles. The number of benzene rings is 1. The number of ether oxygens (including phenoxy) is 1. The molecule has 0 radical (unpaired) electrons. The molecule has 3 nitrogen and oxygen atoms in total. The lowest BCUT2D eigenvalue weighted by molar-refractivity contribution is 0.289. The van der Waals surface area contributed by atoms with Crippen LogP contribution in [0.4, 0.5) is 0 Å². The lowest BCUT2D eigenvalue weighted by Gasteiger charge is -2.17. The molecule has 17 heavy (non-hydrogen) atoms. The quantitative estimate of drug-likeness (QED) is 0.784. The summed E-state index contributed by atoms with van der Waals surface area (Å²) in [4.78, 5) is 0. The second-order valence-corrected chi connectivity index (χ2v) is 5.48. The van der Waals surface area contributed by atoms with E-state index >= 15 is 0 Å². The van der Waals surface area contributed by atoms with Crippen LogP contribution < -0.4 is 10.5 Å². The number of hydrogen-bond acceptors (Lipinski definition) is 4. The van der Waals surface area contributed by atoms with Crippen LogP contribution in [0.2, 0.25) is 0 Å². The second-order valence-electron chi connectivity index (χ2n) is 4.00. The summed E-state index contributed by atoms with van der Waals surface area (Å²) in [5.41, 5.74) is 7.19. The van der Waals surface area contributed by atoms with Crippen molar-refractivity contribution in [3.63, 3.8) is 0 Å². The van der Waals surface area contributed by atoms with Gasteiger partial charge in [-0.15, -0.1) is 0 Å². The Kier molecular flexibility index (Phi) is 6.40. The van der Waals surface area contributed by atoms with Gasteiger partial charge in [0, 0.05) is 29.2 Å². The minimum Gasteiger partial charge on any atom is -0.496 e. The van der Waals surface area contributed by atoms with Crippen molar-refractivity contribution < 1.29 is 9.84 Å². The fourth-order valence-electron chi connectivity index (χ4n) is 1.60. The van der Waals surface area contributed by atoms with E-state index in [2.05, 4.69) is 6.92 Å². The molecule has 1 aromatic rings. The summed E-state index contributed by atoms with van der Waals surface area (Å²) in [5.74, 6) is 1.68.